The van der Waals surface area contributed by atoms with Crippen molar-refractivity contribution >= 4 is 5.69 Å². The van der Waals surface area contributed by atoms with E-state index in [9.17, 15) is 0 Å². The van der Waals surface area contributed by atoms with Crippen LogP contribution in [0.2, 0.25) is 0 Å². The van der Waals surface area contributed by atoms with E-state index in [0.29, 0.717) is 35.0 Å². The molecule has 1 aromatic heterocycles. The lowest BCUT2D eigenvalue weighted by Gasteiger charge is -2.15. The molecule has 0 N–H and O–H groups in total. The first-order valence-electron chi connectivity index (χ1n) is 10.1. The summed E-state index contributed by atoms with van der Waals surface area (Å²) in [6.07, 6.45) is 2.22. The number of benzene rings is 2. The predicted molar refractivity (Wildman–Crippen MR) is 113 cm³/mol. The fourth-order valence-corrected chi connectivity index (χ4v) is 4.13. The molecule has 1 heterocycles. The number of hydrogen-bond acceptors (Lipinski definition) is 4. The van der Waals surface area contributed by atoms with Crippen molar-refractivity contribution in [3.05, 3.63) is 58.9 Å². The quantitative estimate of drug-likeness (QED) is 0.474. The van der Waals surface area contributed by atoms with Crippen LogP contribution in [0, 0.1) is 12.5 Å². The molecule has 0 spiro atoms. The minimum absolute atomic E-state index is 0.00574. The molecule has 3 aromatic rings. The topological polar surface area (TPSA) is 52.5 Å². The Morgan fingerprint density at radius 2 is 2.00 bits per heavy atom. The van der Waals surface area contributed by atoms with E-state index in [1.165, 1.54) is 17.5 Å². The van der Waals surface area contributed by atoms with E-state index in [1.54, 1.807) is 12.1 Å². The van der Waals surface area contributed by atoms with Crippen LogP contribution in [0.4, 0.5) is 5.69 Å². The molecule has 2 aromatic carbocycles. The summed E-state index contributed by atoms with van der Waals surface area (Å²) in [5.74, 6) is 2.79. The average Bonchev–Trinajstić information content (AvgIpc) is 3.35. The van der Waals surface area contributed by atoms with Gasteiger partial charge in [-0.25, -0.2) is 4.85 Å². The van der Waals surface area contributed by atoms with Gasteiger partial charge >= 0.3 is 0 Å². The number of hydrogen-bond donors (Lipinski definition) is 0. The lowest BCUT2D eigenvalue weighted by Crippen LogP contribution is -2.05. The number of rotatable bonds is 5. The lowest BCUT2D eigenvalue weighted by atomic mass is 9.89. The third-order valence-electron chi connectivity index (χ3n) is 5.48. The van der Waals surface area contributed by atoms with Crippen molar-refractivity contribution in [2.24, 2.45) is 5.92 Å². The SMILES string of the molecule is [C-]#[N+]c1cc(-c2nc(-c3cccc4c3CC[C@H]4C(C)C)no2)ccc1OC(C)C. The summed E-state index contributed by atoms with van der Waals surface area (Å²) < 4.78 is 11.3. The molecule has 0 saturated carbocycles. The molecule has 5 heteroatoms. The van der Waals surface area contributed by atoms with Crippen LogP contribution < -0.4 is 4.74 Å². The minimum Gasteiger partial charge on any atom is -0.502 e. The molecule has 0 saturated heterocycles. The fraction of sp³-hybridized carbons (Fsp3) is 0.375. The van der Waals surface area contributed by atoms with Crippen LogP contribution in [-0.2, 0) is 6.42 Å². The summed E-state index contributed by atoms with van der Waals surface area (Å²) in [5, 5.41) is 4.24. The van der Waals surface area contributed by atoms with Gasteiger partial charge in [0, 0.05) is 11.1 Å². The second-order valence-corrected chi connectivity index (χ2v) is 8.15. The first-order valence-corrected chi connectivity index (χ1v) is 10.1. The molecule has 29 heavy (non-hydrogen) atoms. The van der Waals surface area contributed by atoms with E-state index in [-0.39, 0.29) is 6.10 Å². The van der Waals surface area contributed by atoms with Crippen molar-refractivity contribution in [3.63, 3.8) is 0 Å². The summed E-state index contributed by atoms with van der Waals surface area (Å²) >= 11 is 0. The van der Waals surface area contributed by atoms with Crippen molar-refractivity contribution in [2.75, 3.05) is 0 Å². The second kappa shape index (κ2) is 7.71. The van der Waals surface area contributed by atoms with Gasteiger partial charge in [0.1, 0.15) is 5.75 Å². The van der Waals surface area contributed by atoms with Crippen LogP contribution in [0.5, 0.6) is 5.75 Å². The Labute approximate surface area is 171 Å². The standard InChI is InChI=1S/C24H25N3O2/c1-14(2)17-10-11-19-18(17)7-6-8-20(19)23-26-24(29-27-23)16-9-12-22(28-15(3)4)21(13-16)25-5/h6-9,12-15,17H,10-11H2,1-4H3/t17-/m0/s1. The van der Waals surface area contributed by atoms with E-state index in [2.05, 4.69) is 47.0 Å². The van der Waals surface area contributed by atoms with Crippen LogP contribution in [0.3, 0.4) is 0 Å². The van der Waals surface area contributed by atoms with Crippen LogP contribution in [0.15, 0.2) is 40.9 Å². The highest BCUT2D eigenvalue weighted by Crippen LogP contribution is 2.42. The van der Waals surface area contributed by atoms with E-state index in [1.807, 2.05) is 19.9 Å². The van der Waals surface area contributed by atoms with Crippen LogP contribution in [0.1, 0.15) is 51.2 Å². The predicted octanol–water partition coefficient (Wildman–Crippen LogP) is 6.43. The van der Waals surface area contributed by atoms with Gasteiger partial charge in [0.25, 0.3) is 5.89 Å². The third kappa shape index (κ3) is 3.63. The highest BCUT2D eigenvalue weighted by atomic mass is 16.5. The van der Waals surface area contributed by atoms with Crippen molar-refractivity contribution in [2.45, 2.75) is 52.6 Å². The monoisotopic (exact) mass is 387 g/mol. The molecule has 1 aliphatic carbocycles. The molecule has 0 unspecified atom stereocenters. The van der Waals surface area contributed by atoms with Gasteiger partial charge in [0.05, 0.1) is 12.7 Å². The van der Waals surface area contributed by atoms with Crippen LogP contribution >= 0.6 is 0 Å². The van der Waals surface area contributed by atoms with Gasteiger partial charge in [0.15, 0.2) is 0 Å². The highest BCUT2D eigenvalue weighted by molar-refractivity contribution is 5.70. The average molecular weight is 387 g/mol. The molecule has 5 nitrogen and oxygen atoms in total. The lowest BCUT2D eigenvalue weighted by molar-refractivity contribution is 0.244. The molecular formula is C24H25N3O2. The molecule has 0 bridgehead atoms. The maximum absolute atomic E-state index is 7.44. The molecule has 0 radical (unpaired) electrons. The molecule has 0 aliphatic heterocycles. The summed E-state index contributed by atoms with van der Waals surface area (Å²) in [5.41, 5.74) is 4.95. The van der Waals surface area contributed by atoms with Crippen LogP contribution in [0.25, 0.3) is 27.7 Å². The Morgan fingerprint density at radius 3 is 2.72 bits per heavy atom. The summed E-state index contributed by atoms with van der Waals surface area (Å²) in [4.78, 5) is 8.22. The molecule has 148 valence electrons. The molecule has 1 atom stereocenters. The molecular weight excluding hydrogens is 362 g/mol. The maximum atomic E-state index is 7.44. The Bertz CT molecular complexity index is 1080. The van der Waals surface area contributed by atoms with Crippen molar-refractivity contribution in [1.29, 1.82) is 0 Å². The zero-order valence-corrected chi connectivity index (χ0v) is 17.3. The van der Waals surface area contributed by atoms with Gasteiger partial charge in [0.2, 0.25) is 11.5 Å². The Hall–Kier alpha value is -3.13. The van der Waals surface area contributed by atoms with Crippen LogP contribution in [-0.4, -0.2) is 16.2 Å². The number of nitrogens with zero attached hydrogens (tertiary/aromatic N) is 3. The molecule has 0 amide bonds. The smallest absolute Gasteiger partial charge is 0.256 e. The first-order chi connectivity index (χ1) is 14.0. The Morgan fingerprint density at radius 1 is 1.17 bits per heavy atom. The molecule has 0 fully saturated rings. The van der Waals surface area contributed by atoms with Gasteiger partial charge in [-0.05, 0) is 67.9 Å². The van der Waals surface area contributed by atoms with E-state index >= 15 is 0 Å². The molecule has 1 aliphatic rings. The maximum Gasteiger partial charge on any atom is 0.256 e. The first kappa shape index (κ1) is 19.2. The number of aromatic nitrogens is 2. The number of ether oxygens (including phenoxy) is 1. The molecule has 4 rings (SSSR count). The van der Waals surface area contributed by atoms with Crippen molar-refractivity contribution in [1.82, 2.24) is 10.1 Å². The van der Waals surface area contributed by atoms with E-state index < -0.39 is 0 Å². The van der Waals surface area contributed by atoms with Gasteiger partial charge in [-0.1, -0.05) is 37.2 Å². The van der Waals surface area contributed by atoms with Gasteiger partial charge in [-0.15, -0.1) is 0 Å². The Kier molecular flexibility index (Phi) is 5.10. The summed E-state index contributed by atoms with van der Waals surface area (Å²) in [7, 11) is 0. The van der Waals surface area contributed by atoms with E-state index in [4.69, 9.17) is 15.8 Å². The normalized spacial score (nSPS) is 15.6. The zero-order chi connectivity index (χ0) is 20.5. The van der Waals surface area contributed by atoms with Crippen molar-refractivity contribution < 1.29 is 9.26 Å². The number of fused-ring (bicyclic) bond motifs is 1. The third-order valence-corrected chi connectivity index (χ3v) is 5.48. The van der Waals surface area contributed by atoms with E-state index in [0.717, 1.165) is 17.5 Å². The largest absolute Gasteiger partial charge is 0.502 e. The van der Waals surface area contributed by atoms with Gasteiger partial charge < -0.3 is 9.26 Å². The highest BCUT2D eigenvalue weighted by Gasteiger charge is 2.28. The summed E-state index contributed by atoms with van der Waals surface area (Å²) in [6, 6.07) is 11.8. The van der Waals surface area contributed by atoms with Gasteiger partial charge in [-0.2, -0.15) is 4.98 Å². The minimum atomic E-state index is 0.00574. The van der Waals surface area contributed by atoms with Gasteiger partial charge in [-0.3, -0.25) is 0 Å². The zero-order valence-electron chi connectivity index (χ0n) is 17.3. The second-order valence-electron chi connectivity index (χ2n) is 8.15. The summed E-state index contributed by atoms with van der Waals surface area (Å²) in [6.45, 7) is 15.9. The Balaban J connectivity index is 1.68. The van der Waals surface area contributed by atoms with Crippen molar-refractivity contribution in [3.8, 4) is 28.6 Å². The fourth-order valence-electron chi connectivity index (χ4n) is 4.13.